The highest BCUT2D eigenvalue weighted by molar-refractivity contribution is 7.99. The average Bonchev–Trinajstić information content (AvgIpc) is 3.03. The first-order chi connectivity index (χ1) is 11.6. The van der Waals surface area contributed by atoms with Gasteiger partial charge in [-0.2, -0.15) is 0 Å². The maximum Gasteiger partial charge on any atom is 0.284 e. The van der Waals surface area contributed by atoms with Crippen LogP contribution in [0.4, 0.5) is 5.69 Å². The molecule has 0 N–H and O–H groups in total. The molecule has 7 nitrogen and oxygen atoms in total. The van der Waals surface area contributed by atoms with Crippen molar-refractivity contribution in [3.8, 4) is 11.5 Å². The van der Waals surface area contributed by atoms with Gasteiger partial charge in [-0.25, -0.2) is 0 Å². The molecule has 120 valence electrons. The number of nitro benzene ring substituents is 1. The van der Waals surface area contributed by atoms with Crippen molar-refractivity contribution in [2.75, 3.05) is 0 Å². The zero-order valence-electron chi connectivity index (χ0n) is 11.9. The summed E-state index contributed by atoms with van der Waals surface area (Å²) in [5.41, 5.74) is 0.663. The summed E-state index contributed by atoms with van der Waals surface area (Å²) < 4.78 is 5.51. The summed E-state index contributed by atoms with van der Waals surface area (Å²) in [7, 11) is 0. The molecule has 0 amide bonds. The molecule has 0 bridgehead atoms. The molecule has 0 unspecified atom stereocenters. The van der Waals surface area contributed by atoms with E-state index in [0.717, 1.165) is 11.8 Å². The lowest BCUT2D eigenvalue weighted by Gasteiger charge is -2.00. The molecule has 0 saturated carbocycles. The molecule has 0 aliphatic carbocycles. The fraction of sp³-hybridized carbons (Fsp3) is 0. The molecular weight excluding hydrogens is 354 g/mol. The number of aldehydes is 1. The Morgan fingerprint density at radius 3 is 2.75 bits per heavy atom. The number of benzene rings is 2. The Morgan fingerprint density at radius 2 is 2.04 bits per heavy atom. The van der Waals surface area contributed by atoms with Crippen LogP contribution >= 0.6 is 23.4 Å². The lowest BCUT2D eigenvalue weighted by atomic mass is 10.2. The topological polar surface area (TPSA) is 99.1 Å². The first-order valence-corrected chi connectivity index (χ1v) is 7.77. The zero-order chi connectivity index (χ0) is 17.1. The van der Waals surface area contributed by atoms with Gasteiger partial charge in [-0.1, -0.05) is 23.7 Å². The second-order valence-corrected chi connectivity index (χ2v) is 6.02. The van der Waals surface area contributed by atoms with Crippen LogP contribution in [0.25, 0.3) is 11.5 Å². The normalized spacial score (nSPS) is 10.5. The van der Waals surface area contributed by atoms with Crippen molar-refractivity contribution < 1.29 is 14.1 Å². The molecule has 24 heavy (non-hydrogen) atoms. The van der Waals surface area contributed by atoms with Crippen LogP contribution in [0.3, 0.4) is 0 Å². The number of carbonyl (C=O) groups is 1. The molecule has 0 radical (unpaired) electrons. The number of nitro groups is 1. The number of aromatic nitrogens is 2. The molecule has 9 heteroatoms. The monoisotopic (exact) mass is 361 g/mol. The van der Waals surface area contributed by atoms with E-state index < -0.39 is 4.92 Å². The molecule has 0 aliphatic heterocycles. The summed E-state index contributed by atoms with van der Waals surface area (Å²) in [5.74, 6) is 0.257. The van der Waals surface area contributed by atoms with Gasteiger partial charge in [0.05, 0.1) is 9.82 Å². The Balaban J connectivity index is 1.90. The molecule has 0 atom stereocenters. The Bertz CT molecular complexity index is 929. The number of hydrogen-bond donors (Lipinski definition) is 0. The second kappa shape index (κ2) is 6.81. The van der Waals surface area contributed by atoms with E-state index in [1.165, 1.54) is 18.2 Å². The minimum Gasteiger partial charge on any atom is -0.411 e. The van der Waals surface area contributed by atoms with Crippen LogP contribution in [0.5, 0.6) is 0 Å². The third-order valence-corrected chi connectivity index (χ3v) is 4.13. The highest BCUT2D eigenvalue weighted by Crippen LogP contribution is 2.35. The largest absolute Gasteiger partial charge is 0.411 e. The molecule has 3 rings (SSSR count). The average molecular weight is 362 g/mol. The van der Waals surface area contributed by atoms with Gasteiger partial charge in [0.2, 0.25) is 5.89 Å². The fourth-order valence-corrected chi connectivity index (χ4v) is 2.87. The molecule has 1 heterocycles. The van der Waals surface area contributed by atoms with Gasteiger partial charge in [0.15, 0.2) is 0 Å². The van der Waals surface area contributed by atoms with Crippen LogP contribution in [0.2, 0.25) is 5.02 Å². The minimum atomic E-state index is -0.566. The molecule has 0 aliphatic rings. The van der Waals surface area contributed by atoms with E-state index >= 15 is 0 Å². The van der Waals surface area contributed by atoms with Gasteiger partial charge in [-0.15, -0.1) is 10.2 Å². The summed E-state index contributed by atoms with van der Waals surface area (Å²) in [5, 5.41) is 19.6. The van der Waals surface area contributed by atoms with E-state index in [1.807, 2.05) is 0 Å². The van der Waals surface area contributed by atoms with Crippen LogP contribution in [-0.2, 0) is 0 Å². The Labute approximate surface area is 144 Å². The van der Waals surface area contributed by atoms with E-state index in [4.69, 9.17) is 16.0 Å². The van der Waals surface area contributed by atoms with Crippen LogP contribution in [0.1, 0.15) is 10.4 Å². The quantitative estimate of drug-likeness (QED) is 0.380. The lowest BCUT2D eigenvalue weighted by Crippen LogP contribution is -1.93. The summed E-state index contributed by atoms with van der Waals surface area (Å²) >= 11 is 6.87. The number of rotatable bonds is 5. The van der Waals surface area contributed by atoms with Crippen LogP contribution < -0.4 is 0 Å². The Kier molecular flexibility index (Phi) is 4.59. The standard InChI is InChI=1S/C15H8ClN3O4S/c16-11-3-1-2-10(7-11)14-17-18-15(23-14)24-13-5-4-9(8-20)6-12(13)19(21)22/h1-8H. The highest BCUT2D eigenvalue weighted by Gasteiger charge is 2.19. The van der Waals surface area contributed by atoms with Gasteiger partial charge < -0.3 is 4.42 Å². The Morgan fingerprint density at radius 1 is 1.21 bits per heavy atom. The fourth-order valence-electron chi connectivity index (χ4n) is 1.92. The summed E-state index contributed by atoms with van der Waals surface area (Å²) in [6, 6.07) is 11.0. The van der Waals surface area contributed by atoms with Gasteiger partial charge in [0, 0.05) is 22.2 Å². The highest BCUT2D eigenvalue weighted by atomic mass is 35.5. The molecule has 3 aromatic rings. The predicted octanol–water partition coefficient (Wildman–Crippen LogP) is 4.26. The summed E-state index contributed by atoms with van der Waals surface area (Å²) in [6.07, 6.45) is 0.547. The van der Waals surface area contributed by atoms with Gasteiger partial charge in [-0.3, -0.25) is 14.9 Å². The van der Waals surface area contributed by atoms with E-state index in [9.17, 15) is 14.9 Å². The van der Waals surface area contributed by atoms with Gasteiger partial charge in [0.25, 0.3) is 10.9 Å². The van der Waals surface area contributed by atoms with Crippen molar-refractivity contribution in [2.45, 2.75) is 10.1 Å². The van der Waals surface area contributed by atoms with Crippen LogP contribution in [-0.4, -0.2) is 21.4 Å². The van der Waals surface area contributed by atoms with Crippen molar-refractivity contribution >= 4 is 35.3 Å². The lowest BCUT2D eigenvalue weighted by molar-refractivity contribution is -0.387. The molecular formula is C15H8ClN3O4S. The van der Waals surface area contributed by atoms with E-state index in [1.54, 1.807) is 24.3 Å². The maximum atomic E-state index is 11.1. The second-order valence-electron chi connectivity index (χ2n) is 4.59. The van der Waals surface area contributed by atoms with Gasteiger partial charge >= 0.3 is 0 Å². The molecule has 1 aromatic heterocycles. The van der Waals surface area contributed by atoms with Crippen molar-refractivity contribution in [3.05, 3.63) is 63.2 Å². The number of halogens is 1. The van der Waals surface area contributed by atoms with Gasteiger partial charge in [-0.05, 0) is 36.0 Å². The SMILES string of the molecule is O=Cc1ccc(Sc2nnc(-c3cccc(Cl)c3)o2)c([N+](=O)[O-])c1. The maximum absolute atomic E-state index is 11.1. The Hall–Kier alpha value is -2.71. The third kappa shape index (κ3) is 3.44. The van der Waals surface area contributed by atoms with Crippen LogP contribution in [0.15, 0.2) is 57.0 Å². The molecule has 2 aromatic carbocycles. The first kappa shape index (κ1) is 16.2. The van der Waals surface area contributed by atoms with E-state index in [2.05, 4.69) is 10.2 Å². The first-order valence-electron chi connectivity index (χ1n) is 6.58. The van der Waals surface area contributed by atoms with E-state index in [-0.39, 0.29) is 22.4 Å². The van der Waals surface area contributed by atoms with E-state index in [0.29, 0.717) is 21.8 Å². The van der Waals surface area contributed by atoms with Gasteiger partial charge in [0.1, 0.15) is 6.29 Å². The van der Waals surface area contributed by atoms with Crippen molar-refractivity contribution in [2.24, 2.45) is 0 Å². The predicted molar refractivity (Wildman–Crippen MR) is 87.4 cm³/mol. The molecule has 0 fully saturated rings. The molecule has 0 spiro atoms. The minimum absolute atomic E-state index is 0.145. The summed E-state index contributed by atoms with van der Waals surface area (Å²) in [6.45, 7) is 0. The zero-order valence-corrected chi connectivity index (χ0v) is 13.5. The number of hydrogen-bond acceptors (Lipinski definition) is 7. The third-order valence-electron chi connectivity index (χ3n) is 2.99. The number of nitrogens with zero attached hydrogens (tertiary/aromatic N) is 3. The smallest absolute Gasteiger partial charge is 0.284 e. The van der Waals surface area contributed by atoms with Crippen LogP contribution in [0, 0.1) is 10.1 Å². The molecule has 0 saturated heterocycles. The number of carbonyl (C=O) groups excluding carboxylic acids is 1. The van der Waals surface area contributed by atoms with Crippen molar-refractivity contribution in [1.82, 2.24) is 10.2 Å². The summed E-state index contributed by atoms with van der Waals surface area (Å²) in [4.78, 5) is 21.6. The van der Waals surface area contributed by atoms with Crippen molar-refractivity contribution in [1.29, 1.82) is 0 Å². The van der Waals surface area contributed by atoms with Crippen molar-refractivity contribution in [3.63, 3.8) is 0 Å².